The van der Waals surface area contributed by atoms with E-state index >= 15 is 0 Å². The maximum Gasteiger partial charge on any atom is 0.0591 e. The first kappa shape index (κ1) is 13.0. The van der Waals surface area contributed by atoms with E-state index in [1.54, 1.807) is 0 Å². The van der Waals surface area contributed by atoms with E-state index in [-0.39, 0.29) is 5.54 Å². The van der Waals surface area contributed by atoms with Crippen molar-refractivity contribution in [1.29, 1.82) is 0 Å². The van der Waals surface area contributed by atoms with E-state index in [1.165, 1.54) is 25.7 Å². The zero-order chi connectivity index (χ0) is 11.1. The Morgan fingerprint density at radius 2 is 1.93 bits per heavy atom. The molecule has 1 aliphatic carbocycles. The van der Waals surface area contributed by atoms with Crippen LogP contribution in [0.25, 0.3) is 0 Å². The van der Waals surface area contributed by atoms with Gasteiger partial charge in [0.1, 0.15) is 0 Å². The Bertz CT molecular complexity index is 162. The van der Waals surface area contributed by atoms with Crippen LogP contribution < -0.4 is 5.32 Å². The monoisotopic (exact) mass is 213 g/mol. The largest absolute Gasteiger partial charge is 0.380 e. The van der Waals surface area contributed by atoms with E-state index in [2.05, 4.69) is 26.1 Å². The van der Waals surface area contributed by atoms with Gasteiger partial charge in [0, 0.05) is 18.7 Å². The molecule has 0 radical (unpaired) electrons. The van der Waals surface area contributed by atoms with Gasteiger partial charge in [0.25, 0.3) is 0 Å². The average Bonchev–Trinajstić information content (AvgIpc) is 2.70. The highest BCUT2D eigenvalue weighted by molar-refractivity contribution is 4.74. The minimum absolute atomic E-state index is 0.261. The number of hydrogen-bond donors (Lipinski definition) is 1. The molecule has 0 atom stereocenters. The fourth-order valence-corrected chi connectivity index (χ4v) is 2.01. The zero-order valence-corrected chi connectivity index (χ0v) is 10.6. The van der Waals surface area contributed by atoms with Crippen molar-refractivity contribution in [2.45, 2.75) is 58.4 Å². The van der Waals surface area contributed by atoms with Crippen molar-refractivity contribution in [2.75, 3.05) is 19.8 Å². The summed E-state index contributed by atoms with van der Waals surface area (Å²) >= 11 is 0. The SMILES string of the molecule is CCC(C)(C)NCCOCC1CCCC1. The minimum atomic E-state index is 0.261. The van der Waals surface area contributed by atoms with E-state index in [0.717, 1.165) is 32.1 Å². The Morgan fingerprint density at radius 1 is 1.27 bits per heavy atom. The Kier molecular flexibility index (Phi) is 5.62. The quantitative estimate of drug-likeness (QED) is 0.656. The molecule has 2 heteroatoms. The van der Waals surface area contributed by atoms with Crippen molar-refractivity contribution in [3.05, 3.63) is 0 Å². The van der Waals surface area contributed by atoms with Crippen LogP contribution in [-0.2, 0) is 4.74 Å². The van der Waals surface area contributed by atoms with Gasteiger partial charge in [-0.3, -0.25) is 0 Å². The van der Waals surface area contributed by atoms with Crippen molar-refractivity contribution in [3.8, 4) is 0 Å². The van der Waals surface area contributed by atoms with Crippen LogP contribution >= 0.6 is 0 Å². The number of ether oxygens (including phenoxy) is 1. The van der Waals surface area contributed by atoms with Crippen molar-refractivity contribution in [1.82, 2.24) is 5.32 Å². The fourth-order valence-electron chi connectivity index (χ4n) is 2.01. The number of rotatable bonds is 7. The maximum atomic E-state index is 5.69. The maximum absolute atomic E-state index is 5.69. The van der Waals surface area contributed by atoms with E-state index < -0.39 is 0 Å². The first-order chi connectivity index (χ1) is 7.14. The van der Waals surface area contributed by atoms with E-state index in [1.807, 2.05) is 0 Å². The molecule has 1 fully saturated rings. The summed E-state index contributed by atoms with van der Waals surface area (Å²) in [7, 11) is 0. The molecular weight excluding hydrogens is 186 g/mol. The molecule has 15 heavy (non-hydrogen) atoms. The van der Waals surface area contributed by atoms with Crippen LogP contribution in [0.3, 0.4) is 0 Å². The molecule has 0 saturated heterocycles. The molecule has 0 aromatic carbocycles. The highest BCUT2D eigenvalue weighted by Crippen LogP contribution is 2.24. The molecule has 1 N–H and O–H groups in total. The van der Waals surface area contributed by atoms with Gasteiger partial charge in [-0.25, -0.2) is 0 Å². The van der Waals surface area contributed by atoms with Crippen molar-refractivity contribution >= 4 is 0 Å². The van der Waals surface area contributed by atoms with Crippen LogP contribution in [0.15, 0.2) is 0 Å². The molecular formula is C13H27NO. The molecule has 0 bridgehead atoms. The second-order valence-electron chi connectivity index (χ2n) is 5.39. The van der Waals surface area contributed by atoms with Crippen molar-refractivity contribution < 1.29 is 4.74 Å². The minimum Gasteiger partial charge on any atom is -0.380 e. The summed E-state index contributed by atoms with van der Waals surface area (Å²) in [4.78, 5) is 0. The topological polar surface area (TPSA) is 21.3 Å². The normalized spacial score (nSPS) is 18.6. The lowest BCUT2D eigenvalue weighted by Crippen LogP contribution is -2.40. The Balaban J connectivity index is 1.92. The van der Waals surface area contributed by atoms with E-state index in [0.29, 0.717) is 0 Å². The summed E-state index contributed by atoms with van der Waals surface area (Å²) in [6, 6.07) is 0. The lowest BCUT2D eigenvalue weighted by molar-refractivity contribution is 0.0985. The third-order valence-corrected chi connectivity index (χ3v) is 3.56. The summed E-state index contributed by atoms with van der Waals surface area (Å²) < 4.78 is 5.69. The third-order valence-electron chi connectivity index (χ3n) is 3.56. The van der Waals surface area contributed by atoms with Gasteiger partial charge in [0.05, 0.1) is 6.61 Å². The molecule has 1 aliphatic rings. The number of nitrogens with one attached hydrogen (secondary N) is 1. The lowest BCUT2D eigenvalue weighted by atomic mass is 10.0. The molecule has 1 saturated carbocycles. The lowest BCUT2D eigenvalue weighted by Gasteiger charge is -2.24. The summed E-state index contributed by atoms with van der Waals surface area (Å²) in [5, 5.41) is 3.51. The fraction of sp³-hybridized carbons (Fsp3) is 1.00. The average molecular weight is 213 g/mol. The number of hydrogen-bond acceptors (Lipinski definition) is 2. The first-order valence-corrected chi connectivity index (χ1v) is 6.47. The summed E-state index contributed by atoms with van der Waals surface area (Å²) in [6.07, 6.45) is 6.75. The van der Waals surface area contributed by atoms with Crippen LogP contribution in [0, 0.1) is 5.92 Å². The summed E-state index contributed by atoms with van der Waals surface area (Å²) in [6.45, 7) is 9.52. The van der Waals surface area contributed by atoms with Gasteiger partial charge in [-0.15, -0.1) is 0 Å². The third kappa shape index (κ3) is 5.53. The Morgan fingerprint density at radius 3 is 2.53 bits per heavy atom. The molecule has 0 spiro atoms. The van der Waals surface area contributed by atoms with E-state index in [4.69, 9.17) is 4.74 Å². The zero-order valence-electron chi connectivity index (χ0n) is 10.6. The van der Waals surface area contributed by atoms with Crippen molar-refractivity contribution in [3.63, 3.8) is 0 Å². The smallest absolute Gasteiger partial charge is 0.0591 e. The van der Waals surface area contributed by atoms with Crippen LogP contribution in [0.1, 0.15) is 52.9 Å². The van der Waals surface area contributed by atoms with Crippen LogP contribution in [0.2, 0.25) is 0 Å². The second-order valence-corrected chi connectivity index (χ2v) is 5.39. The predicted octanol–water partition coefficient (Wildman–Crippen LogP) is 2.97. The first-order valence-electron chi connectivity index (χ1n) is 6.47. The molecule has 0 heterocycles. The molecule has 0 unspecified atom stereocenters. The van der Waals surface area contributed by atoms with Gasteiger partial charge in [-0.1, -0.05) is 19.8 Å². The van der Waals surface area contributed by atoms with Crippen LogP contribution in [-0.4, -0.2) is 25.3 Å². The van der Waals surface area contributed by atoms with Gasteiger partial charge in [0.2, 0.25) is 0 Å². The predicted molar refractivity (Wildman–Crippen MR) is 65.1 cm³/mol. The molecule has 0 aromatic rings. The molecule has 90 valence electrons. The molecule has 0 amide bonds. The standard InChI is InChI=1S/C13H27NO/c1-4-13(2,3)14-9-10-15-11-12-7-5-6-8-12/h12,14H,4-11H2,1-3H3. The Labute approximate surface area is 94.8 Å². The van der Waals surface area contributed by atoms with Gasteiger partial charge in [-0.2, -0.15) is 0 Å². The van der Waals surface area contributed by atoms with Gasteiger partial charge >= 0.3 is 0 Å². The second kappa shape index (κ2) is 6.49. The molecule has 1 rings (SSSR count). The molecule has 2 nitrogen and oxygen atoms in total. The summed E-state index contributed by atoms with van der Waals surface area (Å²) in [5.41, 5.74) is 0.261. The van der Waals surface area contributed by atoms with Crippen LogP contribution in [0.4, 0.5) is 0 Å². The van der Waals surface area contributed by atoms with E-state index in [9.17, 15) is 0 Å². The Hall–Kier alpha value is -0.0800. The highest BCUT2D eigenvalue weighted by Gasteiger charge is 2.15. The van der Waals surface area contributed by atoms with Crippen molar-refractivity contribution in [2.24, 2.45) is 5.92 Å². The van der Waals surface area contributed by atoms with Gasteiger partial charge in [-0.05, 0) is 39.0 Å². The highest BCUT2D eigenvalue weighted by atomic mass is 16.5. The summed E-state index contributed by atoms with van der Waals surface area (Å²) in [5.74, 6) is 0.851. The van der Waals surface area contributed by atoms with Gasteiger partial charge in [0.15, 0.2) is 0 Å². The molecule has 0 aromatic heterocycles. The molecule has 0 aliphatic heterocycles. The van der Waals surface area contributed by atoms with Crippen LogP contribution in [0.5, 0.6) is 0 Å². The van der Waals surface area contributed by atoms with Gasteiger partial charge < -0.3 is 10.1 Å².